The van der Waals surface area contributed by atoms with Crippen LogP contribution in [0, 0.1) is 24.0 Å². The number of non-ortho nitro benzene ring substituents is 1. The molecule has 1 aliphatic heterocycles. The number of amides is 1. The number of rotatable bonds is 5. The Balaban J connectivity index is 1.45. The molecule has 2 aliphatic rings. The van der Waals surface area contributed by atoms with Crippen molar-refractivity contribution < 1.29 is 19.2 Å². The molecule has 2 aromatic rings. The van der Waals surface area contributed by atoms with Crippen LogP contribution >= 0.6 is 0 Å². The molecule has 29 heavy (non-hydrogen) atoms. The van der Waals surface area contributed by atoms with Crippen LogP contribution in [0.5, 0.6) is 0 Å². The number of nitro groups is 1. The van der Waals surface area contributed by atoms with Crippen LogP contribution in [0.2, 0.25) is 0 Å². The van der Waals surface area contributed by atoms with Crippen molar-refractivity contribution in [2.45, 2.75) is 45.6 Å². The van der Waals surface area contributed by atoms with Crippen LogP contribution in [-0.2, 0) is 16.0 Å². The van der Waals surface area contributed by atoms with Crippen molar-refractivity contribution in [3.63, 3.8) is 0 Å². The molecule has 8 nitrogen and oxygen atoms in total. The summed E-state index contributed by atoms with van der Waals surface area (Å²) in [6.45, 7) is 4.01. The summed E-state index contributed by atoms with van der Waals surface area (Å²) in [5, 5.41) is 11.0. The lowest BCUT2D eigenvalue weighted by atomic mass is 10.0. The lowest BCUT2D eigenvalue weighted by molar-refractivity contribution is -0.384. The van der Waals surface area contributed by atoms with Crippen molar-refractivity contribution in [2.24, 2.45) is 0 Å². The number of anilines is 1. The van der Waals surface area contributed by atoms with E-state index in [4.69, 9.17) is 4.74 Å². The fourth-order valence-electron chi connectivity index (χ4n) is 4.12. The summed E-state index contributed by atoms with van der Waals surface area (Å²) in [5.41, 5.74) is 3.81. The Morgan fingerprint density at radius 3 is 2.69 bits per heavy atom. The summed E-state index contributed by atoms with van der Waals surface area (Å²) in [5.74, 6) is -0.830. The minimum Gasteiger partial charge on any atom is -0.452 e. The van der Waals surface area contributed by atoms with E-state index >= 15 is 0 Å². The fraction of sp³-hybridized carbons (Fsp3) is 0.429. The highest BCUT2D eigenvalue weighted by Gasteiger charge is 2.30. The Kier molecular flexibility index (Phi) is 4.86. The highest BCUT2D eigenvalue weighted by Crippen LogP contribution is 2.38. The predicted octanol–water partition coefficient (Wildman–Crippen LogP) is 3.48. The third kappa shape index (κ3) is 3.62. The molecule has 0 saturated heterocycles. The van der Waals surface area contributed by atoms with Crippen LogP contribution in [0.3, 0.4) is 0 Å². The molecule has 1 saturated carbocycles. The molecule has 1 aromatic heterocycles. The third-order valence-corrected chi connectivity index (χ3v) is 5.64. The minimum atomic E-state index is -0.501. The van der Waals surface area contributed by atoms with Gasteiger partial charge in [-0.1, -0.05) is 0 Å². The molecule has 0 N–H and O–H groups in total. The predicted molar refractivity (Wildman–Crippen MR) is 106 cm³/mol. The number of benzene rings is 1. The van der Waals surface area contributed by atoms with Gasteiger partial charge in [0.2, 0.25) is 0 Å². The van der Waals surface area contributed by atoms with E-state index < -0.39 is 10.9 Å². The van der Waals surface area contributed by atoms with Crippen molar-refractivity contribution in [2.75, 3.05) is 18.1 Å². The van der Waals surface area contributed by atoms with Crippen molar-refractivity contribution in [3.05, 3.63) is 56.9 Å². The molecule has 0 atom stereocenters. The fourth-order valence-corrected chi connectivity index (χ4v) is 4.12. The van der Waals surface area contributed by atoms with Crippen molar-refractivity contribution in [1.29, 1.82) is 0 Å². The maximum atomic E-state index is 12.7. The van der Waals surface area contributed by atoms with Crippen LogP contribution in [0.1, 0.15) is 52.6 Å². The number of nitro benzene ring substituents is 1. The molecule has 4 rings (SSSR count). The molecule has 0 radical (unpaired) electrons. The van der Waals surface area contributed by atoms with Crippen LogP contribution < -0.4 is 4.90 Å². The van der Waals surface area contributed by atoms with Gasteiger partial charge in [0.15, 0.2) is 6.61 Å². The molecular formula is C21H23N3O5. The molecule has 152 valence electrons. The van der Waals surface area contributed by atoms with Gasteiger partial charge in [0.1, 0.15) is 0 Å². The van der Waals surface area contributed by atoms with Gasteiger partial charge in [0.05, 0.1) is 10.5 Å². The van der Waals surface area contributed by atoms with E-state index in [1.54, 1.807) is 11.0 Å². The zero-order valence-electron chi connectivity index (χ0n) is 16.5. The number of ether oxygens (including phenoxy) is 1. The van der Waals surface area contributed by atoms with Crippen molar-refractivity contribution in [3.8, 4) is 0 Å². The number of aryl methyl sites for hydroxylation is 2. The number of fused-ring (bicyclic) bond motifs is 1. The Bertz CT molecular complexity index is 1010. The number of carbonyl (C=O) groups excluding carboxylic acids is 2. The standard InChI is InChI=1S/C21H23N3O5/c1-13-10-18(14(2)23(13)16-5-6-16)21(26)29-12-20(25)22-9-3-4-15-11-17(24(27)28)7-8-19(15)22/h7-8,10-11,16H,3-6,9,12H2,1-2H3. The molecule has 0 unspecified atom stereocenters. The van der Waals surface area contributed by atoms with Crippen LogP contribution in [0.25, 0.3) is 0 Å². The van der Waals surface area contributed by atoms with E-state index in [0.717, 1.165) is 29.8 Å². The van der Waals surface area contributed by atoms with Crippen molar-refractivity contribution in [1.82, 2.24) is 4.57 Å². The van der Waals surface area contributed by atoms with Crippen molar-refractivity contribution >= 4 is 23.3 Å². The Hall–Kier alpha value is -3.16. The average molecular weight is 397 g/mol. The monoisotopic (exact) mass is 397 g/mol. The average Bonchev–Trinajstić information content (AvgIpc) is 3.49. The molecule has 2 heterocycles. The zero-order valence-corrected chi connectivity index (χ0v) is 16.5. The molecule has 1 aromatic carbocycles. The van der Waals surface area contributed by atoms with Crippen LogP contribution in [0.4, 0.5) is 11.4 Å². The van der Waals surface area contributed by atoms with E-state index in [1.165, 1.54) is 12.1 Å². The molecule has 0 spiro atoms. The zero-order chi connectivity index (χ0) is 20.7. The molecular weight excluding hydrogens is 374 g/mol. The van der Waals surface area contributed by atoms with E-state index in [-0.39, 0.29) is 18.2 Å². The summed E-state index contributed by atoms with van der Waals surface area (Å²) in [6.07, 6.45) is 3.62. The smallest absolute Gasteiger partial charge is 0.340 e. The first kappa shape index (κ1) is 19.2. The molecule has 0 bridgehead atoms. The first-order valence-electron chi connectivity index (χ1n) is 9.80. The largest absolute Gasteiger partial charge is 0.452 e. The Labute approximate surface area is 168 Å². The maximum absolute atomic E-state index is 12.7. The van der Waals surface area contributed by atoms with Crippen LogP contribution in [-0.4, -0.2) is 34.5 Å². The lowest BCUT2D eigenvalue weighted by Crippen LogP contribution is -2.38. The maximum Gasteiger partial charge on any atom is 0.340 e. The SMILES string of the molecule is Cc1cc(C(=O)OCC(=O)N2CCCc3cc([N+](=O)[O-])ccc32)c(C)n1C1CC1. The van der Waals surface area contributed by atoms with Gasteiger partial charge in [-0.05, 0) is 57.2 Å². The second-order valence-electron chi connectivity index (χ2n) is 7.68. The summed E-state index contributed by atoms with van der Waals surface area (Å²) in [4.78, 5) is 37.3. The Morgan fingerprint density at radius 1 is 1.24 bits per heavy atom. The lowest BCUT2D eigenvalue weighted by Gasteiger charge is -2.29. The molecule has 1 amide bonds. The number of carbonyl (C=O) groups is 2. The van der Waals surface area contributed by atoms with Gasteiger partial charge in [0.25, 0.3) is 11.6 Å². The number of esters is 1. The van der Waals surface area contributed by atoms with Gasteiger partial charge in [0, 0.05) is 41.8 Å². The first-order chi connectivity index (χ1) is 13.9. The summed E-state index contributed by atoms with van der Waals surface area (Å²) in [7, 11) is 0. The highest BCUT2D eigenvalue weighted by atomic mass is 16.6. The summed E-state index contributed by atoms with van der Waals surface area (Å²) >= 11 is 0. The summed E-state index contributed by atoms with van der Waals surface area (Å²) < 4.78 is 7.48. The topological polar surface area (TPSA) is 94.7 Å². The van der Waals surface area contributed by atoms with Gasteiger partial charge < -0.3 is 14.2 Å². The van der Waals surface area contributed by atoms with E-state index in [1.807, 2.05) is 19.9 Å². The quantitative estimate of drug-likeness (QED) is 0.437. The van der Waals surface area contributed by atoms with E-state index in [9.17, 15) is 19.7 Å². The van der Waals surface area contributed by atoms with Gasteiger partial charge in [-0.2, -0.15) is 0 Å². The number of hydrogen-bond acceptors (Lipinski definition) is 5. The number of aromatic nitrogens is 1. The van der Waals surface area contributed by atoms with Gasteiger partial charge in [-0.25, -0.2) is 4.79 Å². The summed E-state index contributed by atoms with van der Waals surface area (Å²) in [6, 6.07) is 6.77. The molecule has 1 aliphatic carbocycles. The molecule has 1 fully saturated rings. The van der Waals surface area contributed by atoms with Gasteiger partial charge >= 0.3 is 5.97 Å². The normalized spacial score (nSPS) is 15.7. The third-order valence-electron chi connectivity index (χ3n) is 5.64. The second-order valence-corrected chi connectivity index (χ2v) is 7.68. The van der Waals surface area contributed by atoms with Gasteiger partial charge in [-0.15, -0.1) is 0 Å². The molecule has 8 heteroatoms. The second kappa shape index (κ2) is 7.35. The Morgan fingerprint density at radius 2 is 2.00 bits per heavy atom. The van der Waals surface area contributed by atoms with E-state index in [0.29, 0.717) is 36.7 Å². The number of nitrogens with zero attached hydrogens (tertiary/aromatic N) is 3. The van der Waals surface area contributed by atoms with Crippen LogP contribution in [0.15, 0.2) is 24.3 Å². The van der Waals surface area contributed by atoms with Gasteiger partial charge in [-0.3, -0.25) is 14.9 Å². The minimum absolute atomic E-state index is 0.00972. The number of hydrogen-bond donors (Lipinski definition) is 0. The van der Waals surface area contributed by atoms with E-state index in [2.05, 4.69) is 4.57 Å². The highest BCUT2D eigenvalue weighted by molar-refractivity contribution is 5.98. The first-order valence-corrected chi connectivity index (χ1v) is 9.80.